The molecule has 2 saturated heterocycles. The third-order valence-corrected chi connectivity index (χ3v) is 5.68. The van der Waals surface area contributed by atoms with Crippen molar-refractivity contribution in [2.24, 2.45) is 0 Å². The van der Waals surface area contributed by atoms with E-state index in [0.717, 1.165) is 51.4 Å². The monoisotopic (exact) mass is 399 g/mol. The van der Waals surface area contributed by atoms with Crippen LogP contribution in [0.15, 0.2) is 24.3 Å². The van der Waals surface area contributed by atoms with E-state index in [0.29, 0.717) is 18.5 Å². The highest BCUT2D eigenvalue weighted by atomic mass is 19.4. The lowest BCUT2D eigenvalue weighted by molar-refractivity contribution is -0.137. The van der Waals surface area contributed by atoms with Crippen molar-refractivity contribution in [3.05, 3.63) is 35.4 Å². The van der Waals surface area contributed by atoms with Gasteiger partial charge in [0.25, 0.3) is 0 Å². The Hall–Kier alpha value is -1.80. The molecule has 1 unspecified atom stereocenters. The predicted molar refractivity (Wildman–Crippen MR) is 99.7 cm³/mol. The second kappa shape index (κ2) is 9.13. The van der Waals surface area contributed by atoms with E-state index in [1.54, 1.807) is 6.07 Å². The summed E-state index contributed by atoms with van der Waals surface area (Å²) >= 11 is 0. The highest BCUT2D eigenvalue weighted by Crippen LogP contribution is 2.30. The largest absolute Gasteiger partial charge is 0.416 e. The van der Waals surface area contributed by atoms with E-state index in [9.17, 15) is 18.0 Å². The van der Waals surface area contributed by atoms with Gasteiger partial charge in [0.15, 0.2) is 0 Å². The third-order valence-electron chi connectivity index (χ3n) is 5.68. The molecule has 1 aromatic rings. The van der Waals surface area contributed by atoms with Crippen molar-refractivity contribution in [2.75, 3.05) is 26.2 Å². The number of hydrogen-bond acceptors (Lipinski definition) is 3. The van der Waals surface area contributed by atoms with E-state index in [2.05, 4.69) is 10.2 Å². The van der Waals surface area contributed by atoms with Gasteiger partial charge in [0.2, 0.25) is 0 Å². The summed E-state index contributed by atoms with van der Waals surface area (Å²) in [6.07, 6.45) is -0.247. The van der Waals surface area contributed by atoms with Crippen LogP contribution in [0.2, 0.25) is 0 Å². The molecule has 5 nitrogen and oxygen atoms in total. The average molecular weight is 399 g/mol. The van der Waals surface area contributed by atoms with Crippen LogP contribution in [0.3, 0.4) is 0 Å². The maximum Gasteiger partial charge on any atom is 0.416 e. The fourth-order valence-corrected chi connectivity index (χ4v) is 4.15. The molecule has 156 valence electrons. The Kier molecular flexibility index (Phi) is 6.82. The van der Waals surface area contributed by atoms with Crippen molar-refractivity contribution in [1.82, 2.24) is 15.1 Å². The number of hydrogen-bond donors (Lipinski definition) is 2. The van der Waals surface area contributed by atoms with E-state index < -0.39 is 11.7 Å². The molecular formula is C20H28F3N3O2. The molecule has 0 saturated carbocycles. The molecule has 2 fully saturated rings. The highest BCUT2D eigenvalue weighted by Gasteiger charge is 2.31. The molecule has 1 aromatic carbocycles. The molecule has 2 aliphatic rings. The van der Waals surface area contributed by atoms with Crippen molar-refractivity contribution in [1.29, 1.82) is 0 Å². The molecule has 0 spiro atoms. The summed E-state index contributed by atoms with van der Waals surface area (Å²) in [5, 5.41) is 12.2. The number of nitrogens with one attached hydrogen (secondary N) is 1. The van der Waals surface area contributed by atoms with Crippen LogP contribution in [-0.4, -0.2) is 59.3 Å². The van der Waals surface area contributed by atoms with Crippen LogP contribution < -0.4 is 5.32 Å². The first-order chi connectivity index (χ1) is 13.4. The summed E-state index contributed by atoms with van der Waals surface area (Å²) in [6.45, 7) is 2.77. The smallest absolute Gasteiger partial charge is 0.396 e. The SMILES string of the molecule is O=C(NC1CCN(Cc2cccc(C(F)(F)F)c2)CC1)N1CCCC1CCO. The second-order valence-electron chi connectivity index (χ2n) is 7.70. The Morgan fingerprint density at radius 1 is 1.18 bits per heavy atom. The summed E-state index contributed by atoms with van der Waals surface area (Å²) in [6, 6.07) is 5.61. The lowest BCUT2D eigenvalue weighted by Crippen LogP contribution is -2.50. The second-order valence-corrected chi connectivity index (χ2v) is 7.70. The van der Waals surface area contributed by atoms with Gasteiger partial charge in [-0.1, -0.05) is 18.2 Å². The molecule has 0 aliphatic carbocycles. The predicted octanol–water partition coefficient (Wildman–Crippen LogP) is 3.23. The number of carbonyl (C=O) groups is 1. The lowest BCUT2D eigenvalue weighted by Gasteiger charge is -2.34. The van der Waals surface area contributed by atoms with Gasteiger partial charge in [-0.05, 0) is 43.7 Å². The zero-order valence-electron chi connectivity index (χ0n) is 15.9. The van der Waals surface area contributed by atoms with Gasteiger partial charge in [0, 0.05) is 44.9 Å². The number of nitrogens with zero attached hydrogens (tertiary/aromatic N) is 2. The van der Waals surface area contributed by atoms with Crippen molar-refractivity contribution in [3.8, 4) is 0 Å². The molecule has 0 bridgehead atoms. The number of alkyl halides is 3. The van der Waals surface area contributed by atoms with Crippen molar-refractivity contribution in [2.45, 2.75) is 56.9 Å². The quantitative estimate of drug-likeness (QED) is 0.799. The molecule has 2 aliphatic heterocycles. The molecule has 8 heteroatoms. The molecule has 2 N–H and O–H groups in total. The standard InChI is InChI=1S/C20H28F3N3O2/c21-20(22,23)16-4-1-3-15(13-16)14-25-10-6-17(7-11-25)24-19(28)26-9-2-5-18(26)8-12-27/h1,3-4,13,17-18,27H,2,5-12,14H2,(H,24,28). The zero-order valence-corrected chi connectivity index (χ0v) is 15.9. The third kappa shape index (κ3) is 5.38. The van der Waals surface area contributed by atoms with Crippen LogP contribution in [0.1, 0.15) is 43.2 Å². The normalized spacial score (nSPS) is 21.9. The molecule has 0 aromatic heterocycles. The minimum Gasteiger partial charge on any atom is -0.396 e. The van der Waals surface area contributed by atoms with E-state index in [1.807, 2.05) is 4.90 Å². The maximum atomic E-state index is 12.9. The van der Waals surface area contributed by atoms with E-state index in [1.165, 1.54) is 12.1 Å². The first kappa shape index (κ1) is 20.9. The summed E-state index contributed by atoms with van der Waals surface area (Å²) < 4.78 is 38.6. The van der Waals surface area contributed by atoms with Crippen LogP contribution >= 0.6 is 0 Å². The Morgan fingerprint density at radius 3 is 2.61 bits per heavy atom. The fourth-order valence-electron chi connectivity index (χ4n) is 4.15. The van der Waals surface area contributed by atoms with Gasteiger partial charge in [-0.15, -0.1) is 0 Å². The molecule has 2 heterocycles. The zero-order chi connectivity index (χ0) is 20.1. The van der Waals surface area contributed by atoms with Crippen LogP contribution in [0, 0.1) is 0 Å². The number of aliphatic hydroxyl groups excluding tert-OH is 1. The fraction of sp³-hybridized carbons (Fsp3) is 0.650. The van der Waals surface area contributed by atoms with Crippen molar-refractivity contribution >= 4 is 6.03 Å². The van der Waals surface area contributed by atoms with Crippen molar-refractivity contribution < 1.29 is 23.1 Å². The number of amides is 2. The van der Waals surface area contributed by atoms with Gasteiger partial charge >= 0.3 is 12.2 Å². The van der Waals surface area contributed by atoms with Crippen molar-refractivity contribution in [3.63, 3.8) is 0 Å². The van der Waals surface area contributed by atoms with Gasteiger partial charge in [0.05, 0.1) is 5.56 Å². The van der Waals surface area contributed by atoms with Crippen LogP contribution in [0.4, 0.5) is 18.0 Å². The number of rotatable bonds is 5. The van der Waals surface area contributed by atoms with Gasteiger partial charge in [-0.2, -0.15) is 13.2 Å². The van der Waals surface area contributed by atoms with Crippen LogP contribution in [0.5, 0.6) is 0 Å². The Labute approximate surface area is 163 Å². The minimum atomic E-state index is -4.32. The van der Waals surface area contributed by atoms with Gasteiger partial charge in [-0.3, -0.25) is 4.90 Å². The molecule has 0 radical (unpaired) electrons. The Morgan fingerprint density at radius 2 is 1.93 bits per heavy atom. The topological polar surface area (TPSA) is 55.8 Å². The van der Waals surface area contributed by atoms with E-state index >= 15 is 0 Å². The van der Waals surface area contributed by atoms with E-state index in [4.69, 9.17) is 5.11 Å². The number of likely N-dealkylation sites (tertiary alicyclic amines) is 2. The first-order valence-corrected chi connectivity index (χ1v) is 9.93. The number of aliphatic hydroxyl groups is 1. The van der Waals surface area contributed by atoms with Gasteiger partial charge < -0.3 is 15.3 Å². The van der Waals surface area contributed by atoms with Crippen LogP contribution in [-0.2, 0) is 12.7 Å². The van der Waals surface area contributed by atoms with Gasteiger partial charge in [0.1, 0.15) is 0 Å². The van der Waals surface area contributed by atoms with Gasteiger partial charge in [-0.25, -0.2) is 4.79 Å². The molecular weight excluding hydrogens is 371 g/mol. The number of piperidine rings is 1. The molecule has 1 atom stereocenters. The summed E-state index contributed by atoms with van der Waals surface area (Å²) in [7, 11) is 0. The number of carbonyl (C=O) groups excluding carboxylic acids is 1. The van der Waals surface area contributed by atoms with E-state index in [-0.39, 0.29) is 24.7 Å². The summed E-state index contributed by atoms with van der Waals surface area (Å²) in [5.74, 6) is 0. The maximum absolute atomic E-state index is 12.9. The number of urea groups is 1. The molecule has 3 rings (SSSR count). The molecule has 28 heavy (non-hydrogen) atoms. The average Bonchev–Trinajstić information content (AvgIpc) is 3.12. The molecule has 2 amide bonds. The Balaban J connectivity index is 1.46. The number of benzene rings is 1. The van der Waals surface area contributed by atoms with Crippen LogP contribution in [0.25, 0.3) is 0 Å². The summed E-state index contributed by atoms with van der Waals surface area (Å²) in [4.78, 5) is 16.5. The summed E-state index contributed by atoms with van der Waals surface area (Å²) in [5.41, 5.74) is 0.0384. The number of halogens is 3. The first-order valence-electron chi connectivity index (χ1n) is 9.93. The lowest BCUT2D eigenvalue weighted by atomic mass is 10.0. The highest BCUT2D eigenvalue weighted by molar-refractivity contribution is 5.75. The minimum absolute atomic E-state index is 0.0627. The Bertz CT molecular complexity index is 660.